The number of carbonyl (C=O) groups excluding carboxylic acids is 3. The molecule has 0 bridgehead atoms. The van der Waals surface area contributed by atoms with E-state index in [1.807, 2.05) is 6.07 Å². The number of aromatic nitrogens is 1. The van der Waals surface area contributed by atoms with Crippen LogP contribution in [0.1, 0.15) is 48.8 Å². The maximum absolute atomic E-state index is 13.8. The zero-order valence-corrected chi connectivity index (χ0v) is 22.9. The Bertz CT molecular complexity index is 1600. The first-order valence-corrected chi connectivity index (χ1v) is 13.7. The molecular weight excluding hydrogens is 566 g/mol. The minimum absolute atomic E-state index is 0.0904. The highest BCUT2D eigenvalue weighted by molar-refractivity contribution is 5.98. The lowest BCUT2D eigenvalue weighted by molar-refractivity contribution is -0.135. The standard InChI is InChI=1S/C21H18F4N2O2.C10H9N3O/c22-14-2-1-3-17(9-14)27(12-28)21(19(29)26-16-10-20(24,25)11-16)7-6-13-8-15(23)4-5-18(13)21;11-7-8-3-4-12-9(6-8)13-5-1-2-10(13)14/h1-5,8-9,12,16H,6-7,10-11H2,(H,26,29);3-4,6H,1-2,5H2. The van der Waals surface area contributed by atoms with Crippen LogP contribution in [0, 0.1) is 23.0 Å². The van der Waals surface area contributed by atoms with Crippen LogP contribution in [0.2, 0.25) is 0 Å². The van der Waals surface area contributed by atoms with E-state index in [0.717, 1.165) is 17.4 Å². The third-order valence-corrected chi connectivity index (χ3v) is 7.90. The Balaban J connectivity index is 0.000000220. The number of nitrogens with one attached hydrogen (secondary N) is 1. The van der Waals surface area contributed by atoms with Crippen molar-refractivity contribution < 1.29 is 31.9 Å². The molecule has 0 spiro atoms. The van der Waals surface area contributed by atoms with Gasteiger partial charge in [-0.25, -0.2) is 22.5 Å². The summed E-state index contributed by atoms with van der Waals surface area (Å²) in [5, 5.41) is 11.3. The van der Waals surface area contributed by atoms with Gasteiger partial charge in [-0.05, 0) is 72.9 Å². The Morgan fingerprint density at radius 3 is 2.51 bits per heavy atom. The molecule has 1 saturated heterocycles. The molecule has 43 heavy (non-hydrogen) atoms. The molecule has 6 rings (SSSR count). The van der Waals surface area contributed by atoms with Crippen LogP contribution in [0.4, 0.5) is 29.1 Å². The van der Waals surface area contributed by atoms with Gasteiger partial charge in [0, 0.05) is 43.7 Å². The largest absolute Gasteiger partial charge is 0.351 e. The maximum Gasteiger partial charge on any atom is 0.252 e. The summed E-state index contributed by atoms with van der Waals surface area (Å²) in [6.45, 7) is 0.709. The van der Waals surface area contributed by atoms with Gasteiger partial charge < -0.3 is 5.32 Å². The number of fused-ring (bicyclic) bond motifs is 1. The molecule has 1 saturated carbocycles. The number of amides is 3. The molecule has 1 N–H and O–H groups in total. The van der Waals surface area contributed by atoms with Crippen molar-refractivity contribution in [2.45, 2.75) is 56.0 Å². The van der Waals surface area contributed by atoms with Crippen molar-refractivity contribution in [2.75, 3.05) is 16.3 Å². The summed E-state index contributed by atoms with van der Waals surface area (Å²) < 4.78 is 54.0. The highest BCUT2D eigenvalue weighted by Crippen LogP contribution is 2.45. The van der Waals surface area contributed by atoms with Crippen LogP contribution < -0.4 is 15.1 Å². The average Bonchev–Trinajstić information content (AvgIpc) is 3.57. The van der Waals surface area contributed by atoms with Gasteiger partial charge in [0.05, 0.1) is 11.6 Å². The summed E-state index contributed by atoms with van der Waals surface area (Å²) in [7, 11) is 0. The van der Waals surface area contributed by atoms with Crippen molar-refractivity contribution in [2.24, 2.45) is 0 Å². The summed E-state index contributed by atoms with van der Waals surface area (Å²) in [5.74, 6) is -3.86. The van der Waals surface area contributed by atoms with Crippen LogP contribution in [0.3, 0.4) is 0 Å². The van der Waals surface area contributed by atoms with E-state index in [1.165, 1.54) is 36.4 Å². The van der Waals surface area contributed by atoms with Crippen LogP contribution in [0.25, 0.3) is 0 Å². The van der Waals surface area contributed by atoms with Crippen LogP contribution in [0.5, 0.6) is 0 Å². The van der Waals surface area contributed by atoms with Crippen LogP contribution in [0.15, 0.2) is 60.8 Å². The van der Waals surface area contributed by atoms with Gasteiger partial charge in [-0.1, -0.05) is 12.1 Å². The second kappa shape index (κ2) is 11.8. The monoisotopic (exact) mass is 593 g/mol. The zero-order chi connectivity index (χ0) is 30.8. The number of anilines is 2. The molecule has 1 unspecified atom stereocenters. The molecule has 2 fully saturated rings. The average molecular weight is 594 g/mol. The van der Waals surface area contributed by atoms with Gasteiger partial charge in [-0.3, -0.25) is 24.2 Å². The molecule has 2 heterocycles. The predicted octanol–water partition coefficient (Wildman–Crippen LogP) is 4.76. The van der Waals surface area contributed by atoms with Crippen molar-refractivity contribution in [3.8, 4) is 6.07 Å². The highest BCUT2D eigenvalue weighted by atomic mass is 19.3. The van der Waals surface area contributed by atoms with Gasteiger partial charge in [-0.2, -0.15) is 5.26 Å². The molecule has 3 aliphatic rings. The summed E-state index contributed by atoms with van der Waals surface area (Å²) in [5.41, 5.74) is 0.0471. The minimum atomic E-state index is -2.82. The van der Waals surface area contributed by atoms with Crippen LogP contribution >= 0.6 is 0 Å². The van der Waals surface area contributed by atoms with Crippen LogP contribution in [-0.4, -0.2) is 41.7 Å². The molecule has 3 aromatic rings. The number of nitrogens with zero attached hydrogens (tertiary/aromatic N) is 4. The fraction of sp³-hybridized carbons (Fsp3) is 0.323. The molecule has 3 amide bonds. The molecule has 8 nitrogen and oxygen atoms in total. The molecule has 1 atom stereocenters. The minimum Gasteiger partial charge on any atom is -0.351 e. The van der Waals surface area contributed by atoms with Gasteiger partial charge in [-0.15, -0.1) is 0 Å². The first kappa shape index (κ1) is 29.7. The first-order valence-electron chi connectivity index (χ1n) is 13.7. The van der Waals surface area contributed by atoms with Crippen molar-refractivity contribution in [1.29, 1.82) is 5.26 Å². The van der Waals surface area contributed by atoms with E-state index in [9.17, 15) is 31.9 Å². The van der Waals surface area contributed by atoms with E-state index in [2.05, 4.69) is 10.3 Å². The lowest BCUT2D eigenvalue weighted by Gasteiger charge is -2.42. The van der Waals surface area contributed by atoms with Crippen molar-refractivity contribution in [3.05, 3.63) is 89.1 Å². The molecule has 2 aliphatic carbocycles. The van der Waals surface area contributed by atoms with E-state index >= 15 is 0 Å². The summed E-state index contributed by atoms with van der Waals surface area (Å²) in [6, 6.07) is 13.7. The Hall–Kier alpha value is -4.79. The van der Waals surface area contributed by atoms with Gasteiger partial charge in [0.25, 0.3) is 11.8 Å². The number of rotatable bonds is 6. The van der Waals surface area contributed by atoms with E-state index in [1.54, 1.807) is 23.2 Å². The van der Waals surface area contributed by atoms with E-state index in [-0.39, 0.29) is 18.0 Å². The van der Waals surface area contributed by atoms with Gasteiger partial charge in [0.1, 0.15) is 17.5 Å². The second-order valence-corrected chi connectivity index (χ2v) is 10.7. The first-order chi connectivity index (χ1) is 20.6. The number of aryl methyl sites for hydroxylation is 1. The Kier molecular flexibility index (Phi) is 8.17. The number of hydrogen-bond acceptors (Lipinski definition) is 5. The predicted molar refractivity (Wildman–Crippen MR) is 148 cm³/mol. The highest BCUT2D eigenvalue weighted by Gasteiger charge is 2.53. The smallest absolute Gasteiger partial charge is 0.252 e. The molecule has 222 valence electrons. The number of halogens is 4. The number of alkyl halides is 2. The molecule has 1 aromatic heterocycles. The van der Waals surface area contributed by atoms with Crippen molar-refractivity contribution in [3.63, 3.8) is 0 Å². The van der Waals surface area contributed by atoms with E-state index < -0.39 is 47.9 Å². The van der Waals surface area contributed by atoms with E-state index in [0.29, 0.717) is 48.3 Å². The number of carbonyl (C=O) groups is 3. The summed E-state index contributed by atoms with van der Waals surface area (Å²) in [4.78, 5) is 43.6. The molecule has 12 heteroatoms. The fourth-order valence-corrected chi connectivity index (χ4v) is 5.81. The number of nitriles is 1. The quantitative estimate of drug-likeness (QED) is 0.328. The van der Waals surface area contributed by atoms with Crippen molar-refractivity contribution >= 4 is 29.7 Å². The number of hydrogen-bond donors (Lipinski definition) is 1. The third kappa shape index (κ3) is 5.93. The maximum atomic E-state index is 13.8. The molecule has 2 aromatic carbocycles. The third-order valence-electron chi connectivity index (χ3n) is 7.90. The lowest BCUT2D eigenvalue weighted by atomic mass is 9.84. The number of benzene rings is 2. The Labute approximate surface area is 244 Å². The normalized spacial score (nSPS) is 20.3. The fourth-order valence-electron chi connectivity index (χ4n) is 5.81. The number of pyridine rings is 1. The lowest BCUT2D eigenvalue weighted by Crippen LogP contribution is -2.60. The van der Waals surface area contributed by atoms with Gasteiger partial charge in [0.15, 0.2) is 5.54 Å². The van der Waals surface area contributed by atoms with E-state index in [4.69, 9.17) is 5.26 Å². The van der Waals surface area contributed by atoms with Crippen LogP contribution in [-0.2, 0) is 26.3 Å². The Morgan fingerprint density at radius 1 is 1.09 bits per heavy atom. The summed E-state index contributed by atoms with van der Waals surface area (Å²) >= 11 is 0. The molecular formula is C31H27F4N5O3. The topological polar surface area (TPSA) is 106 Å². The van der Waals surface area contributed by atoms with Gasteiger partial charge >= 0.3 is 0 Å². The molecule has 0 radical (unpaired) electrons. The molecule has 1 aliphatic heterocycles. The second-order valence-electron chi connectivity index (χ2n) is 10.7. The van der Waals surface area contributed by atoms with Crippen molar-refractivity contribution in [1.82, 2.24) is 10.3 Å². The summed E-state index contributed by atoms with van der Waals surface area (Å²) in [6.07, 6.45) is 2.90. The van der Waals surface area contributed by atoms with Gasteiger partial charge in [0.2, 0.25) is 12.3 Å². The SMILES string of the molecule is N#Cc1ccnc(N2CCCC2=O)c1.O=CN(c1cccc(F)c1)C1(C(=O)NC2CC(F)(F)C2)CCc2cc(F)ccc21. The zero-order valence-electron chi connectivity index (χ0n) is 22.9. The Morgan fingerprint density at radius 2 is 1.86 bits per heavy atom.